The summed E-state index contributed by atoms with van der Waals surface area (Å²) in [4.78, 5) is 14.8. The Bertz CT molecular complexity index is 650. The highest BCUT2D eigenvalue weighted by atomic mass is 19.1. The molecule has 1 unspecified atom stereocenters. The van der Waals surface area contributed by atoms with Crippen molar-refractivity contribution in [2.75, 3.05) is 32.7 Å². The van der Waals surface area contributed by atoms with Crippen molar-refractivity contribution in [2.24, 2.45) is 5.41 Å². The van der Waals surface area contributed by atoms with Crippen LogP contribution in [0.25, 0.3) is 0 Å². The summed E-state index contributed by atoms with van der Waals surface area (Å²) >= 11 is 0. The third kappa shape index (κ3) is 3.38. The Balaban J connectivity index is 1.36. The van der Waals surface area contributed by atoms with Crippen LogP contribution in [0.4, 0.5) is 4.39 Å². The predicted molar refractivity (Wildman–Crippen MR) is 97.1 cm³/mol. The minimum atomic E-state index is -0.968. The van der Waals surface area contributed by atoms with Crippen LogP contribution >= 0.6 is 0 Å². The van der Waals surface area contributed by atoms with E-state index < -0.39 is 5.60 Å². The van der Waals surface area contributed by atoms with Crippen molar-refractivity contribution in [3.63, 3.8) is 0 Å². The highest BCUT2D eigenvalue weighted by molar-refractivity contribution is 5.82. The lowest BCUT2D eigenvalue weighted by Gasteiger charge is -2.39. The number of hydrogen-bond donors (Lipinski definition) is 3. The minimum Gasteiger partial charge on any atom is -0.385 e. The van der Waals surface area contributed by atoms with Gasteiger partial charge in [0.25, 0.3) is 0 Å². The summed E-state index contributed by atoms with van der Waals surface area (Å²) in [6.45, 7) is 4.09. The summed E-state index contributed by atoms with van der Waals surface area (Å²) in [6, 6.07) is 5.96. The number of aliphatic hydroxyl groups is 1. The smallest absolute Gasteiger partial charge is 0.239 e. The van der Waals surface area contributed by atoms with Crippen molar-refractivity contribution >= 4 is 5.91 Å². The van der Waals surface area contributed by atoms with Gasteiger partial charge in [-0.25, -0.2) is 4.39 Å². The maximum Gasteiger partial charge on any atom is 0.239 e. The fraction of sp³-hybridized carbons (Fsp3) is 0.650. The lowest BCUT2D eigenvalue weighted by Crippen LogP contribution is -2.50. The van der Waals surface area contributed by atoms with Gasteiger partial charge in [0, 0.05) is 19.6 Å². The van der Waals surface area contributed by atoms with Crippen LogP contribution in [0.5, 0.6) is 0 Å². The molecule has 142 valence electrons. The van der Waals surface area contributed by atoms with Gasteiger partial charge in [0.05, 0.1) is 11.6 Å². The summed E-state index contributed by atoms with van der Waals surface area (Å²) in [6.07, 6.45) is 4.17. The van der Waals surface area contributed by atoms with Gasteiger partial charge in [-0.05, 0) is 68.3 Å². The van der Waals surface area contributed by atoms with E-state index in [0.29, 0.717) is 25.9 Å². The molecule has 3 N–H and O–H groups in total. The second kappa shape index (κ2) is 6.91. The van der Waals surface area contributed by atoms with E-state index >= 15 is 0 Å². The predicted octanol–water partition coefficient (Wildman–Crippen LogP) is 1.37. The van der Waals surface area contributed by atoms with Gasteiger partial charge in [0.15, 0.2) is 0 Å². The van der Waals surface area contributed by atoms with Crippen LogP contribution in [0.15, 0.2) is 24.3 Å². The van der Waals surface area contributed by atoms with Crippen LogP contribution in [0, 0.1) is 11.2 Å². The average molecular weight is 361 g/mol. The molecule has 1 aromatic rings. The number of hydrogen-bond acceptors (Lipinski definition) is 4. The van der Waals surface area contributed by atoms with Gasteiger partial charge in [-0.15, -0.1) is 0 Å². The van der Waals surface area contributed by atoms with Crippen molar-refractivity contribution in [3.8, 4) is 0 Å². The van der Waals surface area contributed by atoms with Gasteiger partial charge >= 0.3 is 0 Å². The molecule has 26 heavy (non-hydrogen) atoms. The van der Waals surface area contributed by atoms with E-state index in [-0.39, 0.29) is 23.2 Å². The number of carbonyl (C=O) groups is 1. The maximum absolute atomic E-state index is 13.1. The quantitative estimate of drug-likeness (QED) is 0.744. The molecule has 3 aliphatic rings. The van der Waals surface area contributed by atoms with Crippen LogP contribution in [-0.4, -0.2) is 54.7 Å². The van der Waals surface area contributed by atoms with Crippen LogP contribution < -0.4 is 10.6 Å². The Labute approximate surface area is 154 Å². The Hall–Kier alpha value is -1.50. The summed E-state index contributed by atoms with van der Waals surface area (Å²) < 4.78 is 13.1. The van der Waals surface area contributed by atoms with E-state index in [4.69, 9.17) is 0 Å². The Kier molecular flexibility index (Phi) is 4.75. The fourth-order valence-electron chi connectivity index (χ4n) is 4.80. The second-order valence-corrected chi connectivity index (χ2v) is 8.25. The highest BCUT2D eigenvalue weighted by Gasteiger charge is 2.44. The highest BCUT2D eigenvalue weighted by Crippen LogP contribution is 2.39. The molecule has 6 heteroatoms. The Morgan fingerprint density at radius 2 is 1.77 bits per heavy atom. The zero-order valence-electron chi connectivity index (χ0n) is 15.1. The number of halogens is 1. The number of nitrogens with zero attached hydrogens (tertiary/aromatic N) is 1. The van der Waals surface area contributed by atoms with E-state index in [1.807, 2.05) is 4.90 Å². The molecule has 3 aliphatic heterocycles. The van der Waals surface area contributed by atoms with Crippen LogP contribution in [0.3, 0.4) is 0 Å². The van der Waals surface area contributed by atoms with E-state index in [1.165, 1.54) is 12.1 Å². The molecule has 4 rings (SSSR count). The van der Waals surface area contributed by atoms with Crippen molar-refractivity contribution in [3.05, 3.63) is 35.6 Å². The molecule has 1 atom stereocenters. The largest absolute Gasteiger partial charge is 0.385 e. The fourth-order valence-corrected chi connectivity index (χ4v) is 4.80. The van der Waals surface area contributed by atoms with Crippen LogP contribution in [0.2, 0.25) is 0 Å². The standard InChI is InChI=1S/C20H28FN3O2/c21-16-3-1-15(2-4-16)20(26)7-11-24(12-8-20)18(25)17-13-19(14-23-17)5-9-22-10-6-19/h1-4,17,22-23,26H,5-14H2. The lowest BCUT2D eigenvalue weighted by molar-refractivity contribution is -0.137. The SMILES string of the molecule is O=C(C1CC2(CCNCC2)CN1)N1CCC(O)(c2ccc(F)cc2)CC1. The molecule has 1 aromatic carbocycles. The van der Waals surface area contributed by atoms with Gasteiger partial charge in [-0.3, -0.25) is 4.79 Å². The molecule has 5 nitrogen and oxygen atoms in total. The molecular weight excluding hydrogens is 333 g/mol. The van der Waals surface area contributed by atoms with E-state index in [0.717, 1.165) is 44.5 Å². The zero-order chi connectivity index (χ0) is 18.2. The number of piperidine rings is 2. The summed E-state index contributed by atoms with van der Waals surface area (Å²) in [7, 11) is 0. The molecule has 0 radical (unpaired) electrons. The first-order valence-corrected chi connectivity index (χ1v) is 9.71. The molecule has 0 saturated carbocycles. The molecule has 3 saturated heterocycles. The number of carbonyl (C=O) groups excluding carboxylic acids is 1. The van der Waals surface area contributed by atoms with Crippen LogP contribution in [-0.2, 0) is 10.4 Å². The van der Waals surface area contributed by atoms with E-state index in [2.05, 4.69) is 10.6 Å². The van der Waals surface area contributed by atoms with Gasteiger partial charge in [0.2, 0.25) is 5.91 Å². The van der Waals surface area contributed by atoms with Crippen molar-refractivity contribution in [1.82, 2.24) is 15.5 Å². The molecule has 0 bridgehead atoms. The second-order valence-electron chi connectivity index (χ2n) is 8.25. The third-order valence-electron chi connectivity index (χ3n) is 6.61. The molecule has 1 amide bonds. The monoisotopic (exact) mass is 361 g/mol. The molecule has 1 spiro atoms. The summed E-state index contributed by atoms with van der Waals surface area (Å²) in [5.74, 6) is -0.134. The topological polar surface area (TPSA) is 64.6 Å². The van der Waals surface area contributed by atoms with Gasteiger partial charge in [-0.2, -0.15) is 0 Å². The van der Waals surface area contributed by atoms with Crippen LogP contribution in [0.1, 0.15) is 37.7 Å². The first-order chi connectivity index (χ1) is 12.5. The number of likely N-dealkylation sites (tertiary alicyclic amines) is 1. The molecule has 0 aliphatic carbocycles. The van der Waals surface area contributed by atoms with E-state index in [9.17, 15) is 14.3 Å². The first kappa shape index (κ1) is 17.9. The number of rotatable bonds is 2. The van der Waals surface area contributed by atoms with Crippen molar-refractivity contribution in [1.29, 1.82) is 0 Å². The van der Waals surface area contributed by atoms with Gasteiger partial charge in [0.1, 0.15) is 5.82 Å². The first-order valence-electron chi connectivity index (χ1n) is 9.71. The summed E-state index contributed by atoms with van der Waals surface area (Å²) in [5, 5.41) is 17.8. The number of benzene rings is 1. The number of nitrogens with one attached hydrogen (secondary N) is 2. The molecular formula is C20H28FN3O2. The Morgan fingerprint density at radius 3 is 2.42 bits per heavy atom. The average Bonchev–Trinajstić information content (AvgIpc) is 3.06. The Morgan fingerprint density at radius 1 is 1.12 bits per heavy atom. The maximum atomic E-state index is 13.1. The lowest BCUT2D eigenvalue weighted by atomic mass is 9.77. The van der Waals surface area contributed by atoms with Crippen molar-refractivity contribution in [2.45, 2.75) is 43.7 Å². The van der Waals surface area contributed by atoms with E-state index in [1.54, 1.807) is 12.1 Å². The van der Waals surface area contributed by atoms with Gasteiger partial charge in [-0.1, -0.05) is 12.1 Å². The number of amides is 1. The zero-order valence-corrected chi connectivity index (χ0v) is 15.1. The molecule has 3 fully saturated rings. The van der Waals surface area contributed by atoms with Crippen molar-refractivity contribution < 1.29 is 14.3 Å². The third-order valence-corrected chi connectivity index (χ3v) is 6.61. The summed E-state index contributed by atoms with van der Waals surface area (Å²) in [5.41, 5.74) is 0.0405. The normalized spacial score (nSPS) is 27.6. The van der Waals surface area contributed by atoms with Gasteiger partial charge < -0.3 is 20.6 Å². The molecule has 3 heterocycles. The molecule has 0 aromatic heterocycles. The minimum absolute atomic E-state index is 0.0925.